The van der Waals surface area contributed by atoms with Gasteiger partial charge in [0, 0.05) is 48.8 Å². The van der Waals surface area contributed by atoms with Gasteiger partial charge in [-0.25, -0.2) is 4.98 Å². The standard InChI is InChI=1S/C35H44BrClN4O4/c1-24(2)14-16-40(23-42)29-11-13-32(44-6)35(34(29)37)45-18-17-39(21-25(3)4)22-28-30(41-15-8-7-9-33(41)38-28)20-26-19-27(36)10-12-31(26)43-5/h7-13,15,19,23-25H,14,16-18,20-22H2,1-6H3. The quantitative estimate of drug-likeness (QED) is 0.104. The van der Waals surface area contributed by atoms with Gasteiger partial charge in [-0.15, -0.1) is 0 Å². The third kappa shape index (κ3) is 8.93. The molecule has 0 fully saturated rings. The molecular formula is C35H44BrClN4O4. The first-order chi connectivity index (χ1) is 21.6. The molecule has 0 bridgehead atoms. The van der Waals surface area contributed by atoms with Gasteiger partial charge < -0.3 is 23.5 Å². The van der Waals surface area contributed by atoms with Crippen molar-refractivity contribution < 1.29 is 19.0 Å². The number of halogens is 2. The number of pyridine rings is 1. The predicted octanol–water partition coefficient (Wildman–Crippen LogP) is 7.90. The monoisotopic (exact) mass is 698 g/mol. The van der Waals surface area contributed by atoms with Crippen LogP contribution in [0.4, 0.5) is 5.69 Å². The second-order valence-corrected chi connectivity index (χ2v) is 13.2. The number of anilines is 1. The molecule has 0 radical (unpaired) electrons. The topological polar surface area (TPSA) is 68.5 Å². The third-order valence-corrected chi connectivity index (χ3v) is 8.47. The highest BCUT2D eigenvalue weighted by atomic mass is 79.9. The number of carbonyl (C=O) groups is 1. The summed E-state index contributed by atoms with van der Waals surface area (Å²) < 4.78 is 20.8. The van der Waals surface area contributed by atoms with Crippen molar-refractivity contribution >= 4 is 45.3 Å². The van der Waals surface area contributed by atoms with Crippen LogP contribution in [0.3, 0.4) is 0 Å². The minimum Gasteiger partial charge on any atom is -0.496 e. The lowest BCUT2D eigenvalue weighted by Crippen LogP contribution is -2.32. The summed E-state index contributed by atoms with van der Waals surface area (Å²) in [6.45, 7) is 11.8. The maximum atomic E-state index is 11.9. The maximum Gasteiger partial charge on any atom is 0.214 e. The van der Waals surface area contributed by atoms with Crippen molar-refractivity contribution in [3.05, 3.63) is 81.2 Å². The molecule has 2 aromatic heterocycles. The minimum atomic E-state index is 0.367. The van der Waals surface area contributed by atoms with E-state index in [4.69, 9.17) is 30.8 Å². The molecule has 0 N–H and O–H groups in total. The van der Waals surface area contributed by atoms with Gasteiger partial charge in [0.2, 0.25) is 6.41 Å². The number of hydrogen-bond donors (Lipinski definition) is 0. The molecule has 0 unspecified atom stereocenters. The van der Waals surface area contributed by atoms with Gasteiger partial charge in [-0.3, -0.25) is 9.69 Å². The van der Waals surface area contributed by atoms with Gasteiger partial charge >= 0.3 is 0 Å². The first-order valence-corrected chi connectivity index (χ1v) is 16.5. The van der Waals surface area contributed by atoms with Crippen molar-refractivity contribution in [2.75, 3.05) is 45.4 Å². The van der Waals surface area contributed by atoms with E-state index in [1.54, 1.807) is 31.3 Å². The van der Waals surface area contributed by atoms with E-state index in [9.17, 15) is 4.79 Å². The fourth-order valence-electron chi connectivity index (χ4n) is 5.39. The van der Waals surface area contributed by atoms with Crippen molar-refractivity contribution in [2.45, 2.75) is 47.1 Å². The molecule has 0 aliphatic carbocycles. The zero-order chi connectivity index (χ0) is 32.5. The number of amides is 1. The average molecular weight is 700 g/mol. The normalized spacial score (nSPS) is 11.5. The molecule has 45 heavy (non-hydrogen) atoms. The van der Waals surface area contributed by atoms with Gasteiger partial charge in [-0.2, -0.15) is 0 Å². The van der Waals surface area contributed by atoms with Crippen LogP contribution < -0.4 is 19.1 Å². The van der Waals surface area contributed by atoms with Gasteiger partial charge in [0.1, 0.15) is 23.0 Å². The Bertz CT molecular complexity index is 1580. The van der Waals surface area contributed by atoms with Gasteiger partial charge in [0.15, 0.2) is 11.5 Å². The van der Waals surface area contributed by atoms with E-state index < -0.39 is 0 Å². The number of benzene rings is 2. The second-order valence-electron chi connectivity index (χ2n) is 12.0. The largest absolute Gasteiger partial charge is 0.496 e. The molecule has 8 nitrogen and oxygen atoms in total. The van der Waals surface area contributed by atoms with Crippen LogP contribution >= 0.6 is 27.5 Å². The van der Waals surface area contributed by atoms with Crippen LogP contribution in [0, 0.1) is 11.8 Å². The smallest absolute Gasteiger partial charge is 0.214 e. The van der Waals surface area contributed by atoms with Crippen molar-refractivity contribution in [1.82, 2.24) is 14.3 Å². The summed E-state index contributed by atoms with van der Waals surface area (Å²) in [5, 5.41) is 0.367. The van der Waals surface area contributed by atoms with Crippen molar-refractivity contribution in [3.8, 4) is 17.2 Å². The van der Waals surface area contributed by atoms with Crippen LogP contribution in [0.2, 0.25) is 5.02 Å². The first kappa shape index (κ1) is 34.6. The number of aromatic nitrogens is 2. The SMILES string of the molecule is COc1ccc(Br)cc1Cc1c(CN(CCOc2c(OC)ccc(N(C=O)CCC(C)C)c2Cl)CC(C)C)nc2ccccn12. The molecule has 0 atom stereocenters. The lowest BCUT2D eigenvalue weighted by molar-refractivity contribution is -0.107. The Morgan fingerprint density at radius 3 is 2.44 bits per heavy atom. The molecule has 0 aliphatic rings. The average Bonchev–Trinajstić information content (AvgIpc) is 3.34. The molecular weight excluding hydrogens is 656 g/mol. The summed E-state index contributed by atoms with van der Waals surface area (Å²) in [6.07, 6.45) is 4.41. The number of carbonyl (C=O) groups excluding carboxylic acids is 1. The number of fused-ring (bicyclic) bond motifs is 1. The van der Waals surface area contributed by atoms with Crippen LogP contribution in [-0.4, -0.2) is 61.2 Å². The number of hydrogen-bond acceptors (Lipinski definition) is 6. The summed E-state index contributed by atoms with van der Waals surface area (Å²) in [4.78, 5) is 21.0. The number of rotatable bonds is 17. The summed E-state index contributed by atoms with van der Waals surface area (Å²) in [7, 11) is 3.29. The van der Waals surface area contributed by atoms with E-state index in [1.807, 2.05) is 30.3 Å². The highest BCUT2D eigenvalue weighted by Crippen LogP contribution is 2.42. The predicted molar refractivity (Wildman–Crippen MR) is 185 cm³/mol. The van der Waals surface area contributed by atoms with E-state index in [1.165, 1.54) is 0 Å². The van der Waals surface area contributed by atoms with E-state index in [-0.39, 0.29) is 0 Å². The van der Waals surface area contributed by atoms with E-state index in [0.29, 0.717) is 66.7 Å². The molecule has 2 heterocycles. The lowest BCUT2D eigenvalue weighted by atomic mass is 10.1. The summed E-state index contributed by atoms with van der Waals surface area (Å²) >= 11 is 10.5. The Kier molecular flexibility index (Phi) is 12.6. The van der Waals surface area contributed by atoms with Crippen LogP contribution in [0.25, 0.3) is 5.65 Å². The molecule has 4 rings (SSSR count). The molecule has 0 spiro atoms. The maximum absolute atomic E-state index is 11.9. The second kappa shape index (κ2) is 16.3. The van der Waals surface area contributed by atoms with Crippen molar-refractivity contribution in [3.63, 3.8) is 0 Å². The number of methoxy groups -OCH3 is 2. The van der Waals surface area contributed by atoms with E-state index in [0.717, 1.165) is 52.2 Å². The zero-order valence-corrected chi connectivity index (χ0v) is 29.4. The van der Waals surface area contributed by atoms with E-state index in [2.05, 4.69) is 65.2 Å². The Morgan fingerprint density at radius 2 is 1.76 bits per heavy atom. The van der Waals surface area contributed by atoms with E-state index >= 15 is 0 Å². The van der Waals surface area contributed by atoms with Crippen LogP contribution in [0.5, 0.6) is 17.2 Å². The van der Waals surface area contributed by atoms with Crippen LogP contribution in [0.1, 0.15) is 51.1 Å². The highest BCUT2D eigenvalue weighted by Gasteiger charge is 2.21. The molecule has 4 aromatic rings. The summed E-state index contributed by atoms with van der Waals surface area (Å²) in [5.74, 6) is 2.69. The Morgan fingerprint density at radius 1 is 1.00 bits per heavy atom. The molecule has 10 heteroatoms. The number of nitrogens with zero attached hydrogens (tertiary/aromatic N) is 4. The Balaban J connectivity index is 1.58. The van der Waals surface area contributed by atoms with Gasteiger partial charge in [0.05, 0.1) is 31.3 Å². The van der Waals surface area contributed by atoms with Crippen molar-refractivity contribution in [2.24, 2.45) is 11.8 Å². The Labute approximate surface area is 280 Å². The van der Waals surface area contributed by atoms with Crippen LogP contribution in [-0.2, 0) is 17.8 Å². The molecule has 0 aliphatic heterocycles. The molecule has 0 saturated carbocycles. The Hall–Kier alpha value is -3.27. The van der Waals surface area contributed by atoms with Crippen LogP contribution in [0.15, 0.2) is 59.2 Å². The minimum absolute atomic E-state index is 0.367. The number of imidazole rings is 1. The van der Waals surface area contributed by atoms with Gasteiger partial charge in [-0.05, 0) is 60.7 Å². The summed E-state index contributed by atoms with van der Waals surface area (Å²) in [5.41, 5.74) is 4.72. The van der Waals surface area contributed by atoms with Gasteiger partial charge in [-0.1, -0.05) is 61.3 Å². The third-order valence-electron chi connectivity index (χ3n) is 7.61. The first-order valence-electron chi connectivity index (χ1n) is 15.4. The molecule has 242 valence electrons. The number of ether oxygens (including phenoxy) is 3. The lowest BCUT2D eigenvalue weighted by Gasteiger charge is -2.25. The molecule has 2 aromatic carbocycles. The molecule has 1 amide bonds. The zero-order valence-electron chi connectivity index (χ0n) is 27.1. The molecule has 0 saturated heterocycles. The van der Waals surface area contributed by atoms with Crippen molar-refractivity contribution in [1.29, 1.82) is 0 Å². The summed E-state index contributed by atoms with van der Waals surface area (Å²) in [6, 6.07) is 15.7. The fraction of sp³-hybridized carbons (Fsp3) is 0.429. The fourth-order valence-corrected chi connectivity index (χ4v) is 6.11. The van der Waals surface area contributed by atoms with Gasteiger partial charge in [0.25, 0.3) is 0 Å². The highest BCUT2D eigenvalue weighted by molar-refractivity contribution is 9.10.